The Morgan fingerprint density at radius 1 is 0.556 bits per heavy atom. The third-order valence-corrected chi connectivity index (χ3v) is 7.14. The zero-order chi connectivity index (χ0) is 35.2. The lowest BCUT2D eigenvalue weighted by molar-refractivity contribution is -0.140. The van der Waals surface area contributed by atoms with E-state index in [2.05, 4.69) is 26.6 Å². The highest BCUT2D eigenvalue weighted by Crippen LogP contribution is 2.14. The molecule has 14 nitrogen and oxygen atoms in total. The van der Waals surface area contributed by atoms with Gasteiger partial charge in [-0.05, 0) is 43.4 Å². The minimum atomic E-state index is -1.33. The van der Waals surface area contributed by atoms with E-state index in [4.69, 9.17) is 5.11 Å². The molecule has 5 amide bonds. The standard InChI is InChI=1S/C31H57N5O9/c1-15(2)11-21(35-30(44)28(18(7)8)36-31(45)27(17(5)6)33-20(10)37)23(38)13-25(40)32-19(9)29(43)34-22(12-16(3)4)24(39)14-26(41)42/h15-19,21-24,27-28,38-39H,11-14H2,1-10H3,(H,32,40)(H,33,37)(H,34,43)(H,35,44)(H,36,45)(H,41,42)/t19-,21-,22-,23-,24+,27-,28-/m0/s1. The van der Waals surface area contributed by atoms with Crippen molar-refractivity contribution in [3.63, 3.8) is 0 Å². The number of aliphatic hydroxyl groups is 2. The topological polar surface area (TPSA) is 223 Å². The predicted molar refractivity (Wildman–Crippen MR) is 168 cm³/mol. The van der Waals surface area contributed by atoms with Crippen LogP contribution in [0.2, 0.25) is 0 Å². The first kappa shape index (κ1) is 41.7. The van der Waals surface area contributed by atoms with Crippen LogP contribution in [0.3, 0.4) is 0 Å². The molecule has 0 aromatic rings. The Labute approximate surface area is 267 Å². The van der Waals surface area contributed by atoms with Gasteiger partial charge < -0.3 is 41.9 Å². The molecule has 0 bridgehead atoms. The molecule has 8 N–H and O–H groups in total. The summed E-state index contributed by atoms with van der Waals surface area (Å²) < 4.78 is 0. The molecule has 0 unspecified atom stereocenters. The highest BCUT2D eigenvalue weighted by atomic mass is 16.4. The van der Waals surface area contributed by atoms with Crippen molar-refractivity contribution in [2.75, 3.05) is 0 Å². The van der Waals surface area contributed by atoms with E-state index in [1.165, 1.54) is 13.8 Å². The molecule has 0 spiro atoms. The molecule has 0 aromatic carbocycles. The van der Waals surface area contributed by atoms with E-state index >= 15 is 0 Å². The smallest absolute Gasteiger partial charge is 0.306 e. The van der Waals surface area contributed by atoms with Gasteiger partial charge >= 0.3 is 5.97 Å². The van der Waals surface area contributed by atoms with Gasteiger partial charge in [0, 0.05) is 6.92 Å². The monoisotopic (exact) mass is 643 g/mol. The zero-order valence-electron chi connectivity index (χ0n) is 28.5. The summed E-state index contributed by atoms with van der Waals surface area (Å²) in [6.45, 7) is 17.2. The normalized spacial score (nSPS) is 16.3. The van der Waals surface area contributed by atoms with Gasteiger partial charge in [-0.25, -0.2) is 0 Å². The van der Waals surface area contributed by atoms with Gasteiger partial charge in [0.15, 0.2) is 0 Å². The number of aliphatic hydroxyl groups excluding tert-OH is 2. The Kier molecular flexibility index (Phi) is 18.5. The van der Waals surface area contributed by atoms with Gasteiger partial charge in [0.2, 0.25) is 29.5 Å². The second-order valence-corrected chi connectivity index (χ2v) is 13.4. The number of amides is 5. The first-order valence-corrected chi connectivity index (χ1v) is 15.7. The van der Waals surface area contributed by atoms with Gasteiger partial charge in [0.05, 0.1) is 37.1 Å². The summed E-state index contributed by atoms with van der Waals surface area (Å²) in [6.07, 6.45) is -3.01. The maximum absolute atomic E-state index is 13.3. The lowest BCUT2D eigenvalue weighted by Gasteiger charge is -2.31. The summed E-state index contributed by atoms with van der Waals surface area (Å²) in [5, 5.41) is 43.5. The molecule has 45 heavy (non-hydrogen) atoms. The molecule has 0 aromatic heterocycles. The molecular formula is C31H57N5O9. The molecule has 14 heteroatoms. The fraction of sp³-hybridized carbons (Fsp3) is 0.806. The molecule has 0 heterocycles. The average Bonchev–Trinajstić information content (AvgIpc) is 2.87. The lowest BCUT2D eigenvalue weighted by atomic mass is 9.95. The fourth-order valence-electron chi connectivity index (χ4n) is 4.77. The molecule has 0 aliphatic heterocycles. The van der Waals surface area contributed by atoms with Crippen LogP contribution in [0.15, 0.2) is 0 Å². The summed E-state index contributed by atoms with van der Waals surface area (Å²) in [6, 6.07) is -4.59. The van der Waals surface area contributed by atoms with E-state index in [0.717, 1.165) is 0 Å². The van der Waals surface area contributed by atoms with Crippen LogP contribution < -0.4 is 26.6 Å². The number of rotatable bonds is 20. The van der Waals surface area contributed by atoms with Crippen molar-refractivity contribution in [2.24, 2.45) is 23.7 Å². The molecule has 0 saturated heterocycles. The average molecular weight is 644 g/mol. The minimum absolute atomic E-state index is 0.0185. The van der Waals surface area contributed by atoms with E-state index < -0.39 is 84.9 Å². The fourth-order valence-corrected chi connectivity index (χ4v) is 4.77. The molecular weight excluding hydrogens is 586 g/mol. The van der Waals surface area contributed by atoms with Crippen molar-refractivity contribution in [3.8, 4) is 0 Å². The van der Waals surface area contributed by atoms with Gasteiger partial charge in [-0.15, -0.1) is 0 Å². The number of carboxylic acids is 1. The van der Waals surface area contributed by atoms with Crippen LogP contribution in [0.4, 0.5) is 0 Å². The van der Waals surface area contributed by atoms with Crippen molar-refractivity contribution in [2.45, 2.75) is 137 Å². The Morgan fingerprint density at radius 2 is 0.956 bits per heavy atom. The van der Waals surface area contributed by atoms with E-state index in [-0.39, 0.29) is 29.6 Å². The predicted octanol–water partition coefficient (Wildman–Crippen LogP) is 0.441. The van der Waals surface area contributed by atoms with Crippen molar-refractivity contribution < 1.29 is 44.1 Å². The van der Waals surface area contributed by atoms with Crippen LogP contribution in [-0.4, -0.2) is 93.2 Å². The molecule has 0 aliphatic rings. The molecule has 0 aliphatic carbocycles. The Hall–Kier alpha value is -3.26. The van der Waals surface area contributed by atoms with Crippen molar-refractivity contribution in [3.05, 3.63) is 0 Å². The van der Waals surface area contributed by atoms with Crippen molar-refractivity contribution in [1.29, 1.82) is 0 Å². The number of hydrogen-bond donors (Lipinski definition) is 8. The molecule has 260 valence electrons. The minimum Gasteiger partial charge on any atom is -0.481 e. The van der Waals surface area contributed by atoms with Gasteiger partial charge in [-0.2, -0.15) is 0 Å². The van der Waals surface area contributed by atoms with E-state index in [1.807, 2.05) is 27.7 Å². The summed E-state index contributed by atoms with van der Waals surface area (Å²) in [7, 11) is 0. The van der Waals surface area contributed by atoms with E-state index in [9.17, 15) is 39.0 Å². The van der Waals surface area contributed by atoms with Gasteiger partial charge in [-0.1, -0.05) is 55.4 Å². The first-order valence-electron chi connectivity index (χ1n) is 15.7. The maximum Gasteiger partial charge on any atom is 0.306 e. The first-order chi connectivity index (χ1) is 20.7. The number of nitrogens with one attached hydrogen (secondary N) is 5. The summed E-state index contributed by atoms with van der Waals surface area (Å²) in [4.78, 5) is 74.6. The summed E-state index contributed by atoms with van der Waals surface area (Å²) >= 11 is 0. The highest BCUT2D eigenvalue weighted by molar-refractivity contribution is 5.92. The number of carboxylic acid groups (broad SMARTS) is 1. The van der Waals surface area contributed by atoms with Gasteiger partial charge in [-0.3, -0.25) is 28.8 Å². The van der Waals surface area contributed by atoms with E-state index in [0.29, 0.717) is 12.8 Å². The maximum atomic E-state index is 13.3. The second-order valence-electron chi connectivity index (χ2n) is 13.4. The third-order valence-electron chi connectivity index (χ3n) is 7.14. The Balaban J connectivity index is 5.54. The quantitative estimate of drug-likeness (QED) is 0.0920. The highest BCUT2D eigenvalue weighted by Gasteiger charge is 2.33. The molecule has 0 rings (SSSR count). The number of hydrogen-bond acceptors (Lipinski definition) is 8. The molecule has 0 radical (unpaired) electrons. The van der Waals surface area contributed by atoms with Crippen LogP contribution in [0, 0.1) is 23.7 Å². The lowest BCUT2D eigenvalue weighted by Crippen LogP contribution is -2.59. The SMILES string of the molecule is CC(=O)N[C@H](C(=O)N[C@H](C(=O)N[C@@H](CC(C)C)[C@@H](O)CC(=O)N[C@@H](C)C(=O)N[C@@H](CC(C)C)[C@H](O)CC(=O)O)C(C)C)C(C)C. The summed E-state index contributed by atoms with van der Waals surface area (Å²) in [5.74, 6) is -4.48. The molecule has 7 atom stereocenters. The second kappa shape index (κ2) is 20.0. The van der Waals surface area contributed by atoms with Crippen molar-refractivity contribution in [1.82, 2.24) is 26.6 Å². The van der Waals surface area contributed by atoms with Crippen LogP contribution in [-0.2, 0) is 28.8 Å². The number of carbonyl (C=O) groups excluding carboxylic acids is 5. The number of carbonyl (C=O) groups is 6. The molecule has 0 saturated carbocycles. The van der Waals surface area contributed by atoms with Gasteiger partial charge in [0.25, 0.3) is 0 Å². The zero-order valence-corrected chi connectivity index (χ0v) is 28.5. The van der Waals surface area contributed by atoms with E-state index in [1.54, 1.807) is 27.7 Å². The largest absolute Gasteiger partial charge is 0.481 e. The van der Waals surface area contributed by atoms with Crippen LogP contribution in [0.25, 0.3) is 0 Å². The van der Waals surface area contributed by atoms with Crippen molar-refractivity contribution >= 4 is 35.5 Å². The Morgan fingerprint density at radius 3 is 1.36 bits per heavy atom. The van der Waals surface area contributed by atoms with Crippen LogP contribution in [0.5, 0.6) is 0 Å². The number of aliphatic carboxylic acids is 1. The van der Waals surface area contributed by atoms with Gasteiger partial charge in [0.1, 0.15) is 18.1 Å². The Bertz CT molecular complexity index is 1000. The van der Waals surface area contributed by atoms with Crippen LogP contribution >= 0.6 is 0 Å². The third kappa shape index (κ3) is 16.6. The summed E-state index contributed by atoms with van der Waals surface area (Å²) in [5.41, 5.74) is 0. The van der Waals surface area contributed by atoms with Crippen LogP contribution in [0.1, 0.15) is 94.9 Å². The molecule has 0 fully saturated rings.